The molecule has 1 heterocycles. The molecule has 1 amide bonds. The minimum atomic E-state index is -0.393. The lowest BCUT2D eigenvalue weighted by molar-refractivity contribution is -0.116. The summed E-state index contributed by atoms with van der Waals surface area (Å²) in [6.45, 7) is 4.06. The molecule has 0 aromatic carbocycles. The van der Waals surface area contributed by atoms with Gasteiger partial charge in [-0.15, -0.1) is 0 Å². The second-order valence-corrected chi connectivity index (χ2v) is 4.59. The van der Waals surface area contributed by atoms with Crippen molar-refractivity contribution in [3.05, 3.63) is 10.8 Å². The quantitative estimate of drug-likeness (QED) is 0.847. The Hall–Kier alpha value is -1.37. The first-order chi connectivity index (χ1) is 7.97. The molecular formula is C10H16BrN5O. The smallest absolute Gasteiger partial charge is 0.237 e. The van der Waals surface area contributed by atoms with Crippen LogP contribution in [0.15, 0.2) is 10.8 Å². The third kappa shape index (κ3) is 3.29. The summed E-state index contributed by atoms with van der Waals surface area (Å²) in [6.07, 6.45) is 1.45. The fourth-order valence-electron chi connectivity index (χ4n) is 1.40. The fraction of sp³-hybridized carbons (Fsp3) is 0.500. The molecule has 0 fully saturated rings. The standard InChI is InChI=1S/C10H16BrN5O/c1-6(2)16(4-7(12)17)10-8(11)9(13-3)14-5-15-10/h5-6H,4H2,1-3H3,(H2,12,17)(H,13,14,15). The Balaban J connectivity index is 3.14. The molecule has 0 saturated heterocycles. The van der Waals surface area contributed by atoms with Gasteiger partial charge < -0.3 is 16.0 Å². The minimum Gasteiger partial charge on any atom is -0.372 e. The van der Waals surface area contributed by atoms with Gasteiger partial charge >= 0.3 is 0 Å². The van der Waals surface area contributed by atoms with Crippen LogP contribution in [-0.2, 0) is 4.79 Å². The Labute approximate surface area is 109 Å². The van der Waals surface area contributed by atoms with Crippen LogP contribution in [0.5, 0.6) is 0 Å². The maximum Gasteiger partial charge on any atom is 0.237 e. The summed E-state index contributed by atoms with van der Waals surface area (Å²) in [5.41, 5.74) is 5.23. The Morgan fingerprint density at radius 2 is 2.24 bits per heavy atom. The third-order valence-electron chi connectivity index (χ3n) is 2.23. The molecule has 0 bridgehead atoms. The molecule has 6 nitrogen and oxygen atoms in total. The summed E-state index contributed by atoms with van der Waals surface area (Å²) in [4.78, 5) is 21.1. The van der Waals surface area contributed by atoms with Crippen molar-refractivity contribution in [3.8, 4) is 0 Å². The summed E-state index contributed by atoms with van der Waals surface area (Å²) >= 11 is 3.42. The molecule has 7 heteroatoms. The lowest BCUT2D eigenvalue weighted by Crippen LogP contribution is -2.39. The first kappa shape index (κ1) is 13.7. The van der Waals surface area contributed by atoms with E-state index >= 15 is 0 Å². The van der Waals surface area contributed by atoms with Crippen LogP contribution in [0.2, 0.25) is 0 Å². The molecular weight excluding hydrogens is 286 g/mol. The maximum atomic E-state index is 11.1. The van der Waals surface area contributed by atoms with E-state index in [0.717, 1.165) is 4.47 Å². The molecule has 0 aliphatic heterocycles. The summed E-state index contributed by atoms with van der Waals surface area (Å²) in [5, 5.41) is 2.94. The molecule has 17 heavy (non-hydrogen) atoms. The van der Waals surface area contributed by atoms with Gasteiger partial charge in [-0.05, 0) is 29.8 Å². The number of carbonyl (C=O) groups excluding carboxylic acids is 1. The Kier molecular flexibility index (Phi) is 4.68. The van der Waals surface area contributed by atoms with E-state index in [1.165, 1.54) is 6.33 Å². The van der Waals surface area contributed by atoms with Crippen LogP contribution < -0.4 is 16.0 Å². The molecule has 0 aliphatic rings. The first-order valence-corrected chi connectivity index (χ1v) is 5.99. The van der Waals surface area contributed by atoms with Crippen LogP contribution in [0.4, 0.5) is 11.6 Å². The number of aromatic nitrogens is 2. The molecule has 0 saturated carbocycles. The van der Waals surface area contributed by atoms with Gasteiger partial charge in [-0.1, -0.05) is 0 Å². The van der Waals surface area contributed by atoms with Gasteiger partial charge in [-0.3, -0.25) is 4.79 Å². The molecule has 1 aromatic rings. The third-order valence-corrected chi connectivity index (χ3v) is 2.96. The monoisotopic (exact) mass is 301 g/mol. The van der Waals surface area contributed by atoms with Crippen LogP contribution in [-0.4, -0.2) is 35.5 Å². The van der Waals surface area contributed by atoms with E-state index in [9.17, 15) is 4.79 Å². The number of nitrogens with one attached hydrogen (secondary N) is 1. The highest BCUT2D eigenvalue weighted by Gasteiger charge is 2.19. The van der Waals surface area contributed by atoms with Crippen molar-refractivity contribution in [3.63, 3.8) is 0 Å². The van der Waals surface area contributed by atoms with E-state index in [2.05, 4.69) is 31.2 Å². The van der Waals surface area contributed by atoms with Crippen LogP contribution >= 0.6 is 15.9 Å². The van der Waals surface area contributed by atoms with Gasteiger partial charge in [0.2, 0.25) is 5.91 Å². The lowest BCUT2D eigenvalue weighted by Gasteiger charge is -2.27. The second-order valence-electron chi connectivity index (χ2n) is 3.80. The van der Waals surface area contributed by atoms with Crippen molar-refractivity contribution in [1.82, 2.24) is 9.97 Å². The van der Waals surface area contributed by atoms with Gasteiger partial charge in [0, 0.05) is 13.1 Å². The second kappa shape index (κ2) is 5.81. The summed E-state index contributed by atoms with van der Waals surface area (Å²) < 4.78 is 0.720. The number of hydrogen-bond donors (Lipinski definition) is 2. The molecule has 0 unspecified atom stereocenters. The highest BCUT2D eigenvalue weighted by atomic mass is 79.9. The first-order valence-electron chi connectivity index (χ1n) is 5.20. The van der Waals surface area contributed by atoms with Crippen molar-refractivity contribution in [2.45, 2.75) is 19.9 Å². The Morgan fingerprint density at radius 3 is 2.71 bits per heavy atom. The SMILES string of the molecule is CNc1ncnc(N(CC(N)=O)C(C)C)c1Br. The highest BCUT2D eigenvalue weighted by molar-refractivity contribution is 9.10. The van der Waals surface area contributed by atoms with Gasteiger partial charge in [0.15, 0.2) is 0 Å². The lowest BCUT2D eigenvalue weighted by atomic mass is 10.3. The number of rotatable bonds is 5. The zero-order valence-corrected chi connectivity index (χ0v) is 11.7. The Morgan fingerprint density at radius 1 is 1.59 bits per heavy atom. The zero-order valence-electron chi connectivity index (χ0n) is 10.1. The normalized spacial score (nSPS) is 10.4. The summed E-state index contributed by atoms with van der Waals surface area (Å²) in [6, 6.07) is 0.110. The number of nitrogens with zero attached hydrogens (tertiary/aromatic N) is 3. The average molecular weight is 302 g/mol. The Bertz CT molecular complexity index is 410. The van der Waals surface area contributed by atoms with Gasteiger partial charge in [0.05, 0.1) is 6.54 Å². The molecule has 3 N–H and O–H groups in total. The summed E-state index contributed by atoms with van der Waals surface area (Å²) in [5.74, 6) is 0.929. The van der Waals surface area contributed by atoms with E-state index in [0.29, 0.717) is 11.6 Å². The number of anilines is 2. The van der Waals surface area contributed by atoms with Gasteiger partial charge in [-0.25, -0.2) is 9.97 Å². The van der Waals surface area contributed by atoms with Crippen molar-refractivity contribution in [1.29, 1.82) is 0 Å². The van der Waals surface area contributed by atoms with E-state index in [1.807, 2.05) is 18.7 Å². The predicted molar refractivity (Wildman–Crippen MR) is 71.0 cm³/mol. The van der Waals surface area contributed by atoms with Gasteiger partial charge in [0.1, 0.15) is 22.4 Å². The molecule has 0 atom stereocenters. The molecule has 94 valence electrons. The van der Waals surface area contributed by atoms with Crippen LogP contribution in [0.25, 0.3) is 0 Å². The minimum absolute atomic E-state index is 0.110. The van der Waals surface area contributed by atoms with E-state index in [4.69, 9.17) is 5.73 Å². The number of hydrogen-bond acceptors (Lipinski definition) is 5. The van der Waals surface area contributed by atoms with Crippen molar-refractivity contribution < 1.29 is 4.79 Å². The van der Waals surface area contributed by atoms with Crippen molar-refractivity contribution >= 4 is 33.5 Å². The number of amides is 1. The van der Waals surface area contributed by atoms with Crippen LogP contribution in [0, 0.1) is 0 Å². The van der Waals surface area contributed by atoms with Gasteiger partial charge in [0.25, 0.3) is 0 Å². The molecule has 0 aliphatic carbocycles. The number of primary amides is 1. The predicted octanol–water partition coefficient (Wildman–Crippen LogP) is 0.981. The van der Waals surface area contributed by atoms with E-state index < -0.39 is 5.91 Å². The van der Waals surface area contributed by atoms with Crippen molar-refractivity contribution in [2.24, 2.45) is 5.73 Å². The molecule has 0 spiro atoms. The van der Waals surface area contributed by atoms with Crippen LogP contribution in [0.1, 0.15) is 13.8 Å². The average Bonchev–Trinajstić information content (AvgIpc) is 2.26. The molecule has 1 aromatic heterocycles. The fourth-order valence-corrected chi connectivity index (χ4v) is 2.04. The number of nitrogens with two attached hydrogens (primary N) is 1. The van der Waals surface area contributed by atoms with Crippen molar-refractivity contribution in [2.75, 3.05) is 23.8 Å². The highest BCUT2D eigenvalue weighted by Crippen LogP contribution is 2.29. The molecule has 1 rings (SSSR count). The molecule has 0 radical (unpaired) electrons. The maximum absolute atomic E-state index is 11.1. The largest absolute Gasteiger partial charge is 0.372 e. The topological polar surface area (TPSA) is 84.1 Å². The van der Waals surface area contributed by atoms with E-state index in [1.54, 1.807) is 7.05 Å². The number of halogens is 1. The van der Waals surface area contributed by atoms with Gasteiger partial charge in [-0.2, -0.15) is 0 Å². The van der Waals surface area contributed by atoms with E-state index in [-0.39, 0.29) is 12.6 Å². The zero-order chi connectivity index (χ0) is 13.0. The summed E-state index contributed by atoms with van der Waals surface area (Å²) in [7, 11) is 1.77. The number of carbonyl (C=O) groups is 1. The van der Waals surface area contributed by atoms with Crippen LogP contribution in [0.3, 0.4) is 0 Å².